The highest BCUT2D eigenvalue weighted by atomic mass is 32.1. The molecule has 0 aromatic carbocycles. The highest BCUT2D eigenvalue weighted by molar-refractivity contribution is 7.80. The largest absolute Gasteiger partial charge is 0.481 e. The van der Waals surface area contributed by atoms with Gasteiger partial charge in [0.05, 0.1) is 18.5 Å². The van der Waals surface area contributed by atoms with E-state index in [4.69, 9.17) is 10.8 Å². The van der Waals surface area contributed by atoms with E-state index in [-0.39, 0.29) is 12.2 Å². The second kappa shape index (κ2) is 6.39. The van der Waals surface area contributed by atoms with Gasteiger partial charge in [-0.1, -0.05) is 0 Å². The van der Waals surface area contributed by atoms with Crippen molar-refractivity contribution in [2.45, 2.75) is 18.5 Å². The number of amides is 1. The molecule has 0 spiro atoms. The molecule has 0 bridgehead atoms. The molecule has 7 heteroatoms. The van der Waals surface area contributed by atoms with Gasteiger partial charge in [-0.15, -0.1) is 0 Å². The maximum Gasteiger partial charge on any atom is 0.305 e. The third-order valence-corrected chi connectivity index (χ3v) is 1.87. The zero-order valence-corrected chi connectivity index (χ0v) is 8.24. The molecule has 6 nitrogen and oxygen atoms in total. The van der Waals surface area contributed by atoms with Crippen LogP contribution in [0.25, 0.3) is 0 Å². The number of primary amides is 1. The normalized spacial score (nSPS) is 14.4. The van der Waals surface area contributed by atoms with Crippen molar-refractivity contribution in [1.29, 1.82) is 0 Å². The molecule has 0 aliphatic carbocycles. The molecule has 1 amide bonds. The van der Waals surface area contributed by atoms with Gasteiger partial charge < -0.3 is 15.6 Å². The Labute approximate surface area is 86.3 Å². The number of carbonyl (C=O) groups excluding carboxylic acids is 2. The van der Waals surface area contributed by atoms with E-state index in [1.807, 2.05) is 0 Å². The van der Waals surface area contributed by atoms with Crippen LogP contribution in [0.1, 0.15) is 6.42 Å². The monoisotopic (exact) mass is 220 g/mol. The van der Waals surface area contributed by atoms with Gasteiger partial charge in [-0.2, -0.15) is 12.6 Å². The summed E-state index contributed by atoms with van der Waals surface area (Å²) < 4.78 is 0. The van der Waals surface area contributed by atoms with E-state index in [0.717, 1.165) is 0 Å². The summed E-state index contributed by atoms with van der Waals surface area (Å²) in [5.41, 5.74) is 4.97. The maximum atomic E-state index is 10.7. The van der Waals surface area contributed by atoms with Crippen molar-refractivity contribution in [1.82, 2.24) is 5.32 Å². The Morgan fingerprint density at radius 3 is 2.43 bits per heavy atom. The van der Waals surface area contributed by atoms with Crippen LogP contribution in [-0.4, -0.2) is 41.1 Å². The van der Waals surface area contributed by atoms with Crippen molar-refractivity contribution in [3.8, 4) is 0 Å². The van der Waals surface area contributed by atoms with Crippen molar-refractivity contribution in [2.75, 3.05) is 5.75 Å². The van der Waals surface area contributed by atoms with Gasteiger partial charge in [0, 0.05) is 5.75 Å². The molecule has 80 valence electrons. The molecule has 0 fully saturated rings. The molecule has 14 heavy (non-hydrogen) atoms. The minimum absolute atomic E-state index is 0.110. The Kier molecular flexibility index (Phi) is 5.89. The van der Waals surface area contributed by atoms with Crippen molar-refractivity contribution in [3.05, 3.63) is 0 Å². The number of thiol groups is 1. The first kappa shape index (κ1) is 12.9. The van der Waals surface area contributed by atoms with E-state index < -0.39 is 24.0 Å². The van der Waals surface area contributed by atoms with Crippen LogP contribution in [0.2, 0.25) is 0 Å². The molecule has 0 aliphatic rings. The molecular weight excluding hydrogens is 208 g/mol. The van der Waals surface area contributed by atoms with Gasteiger partial charge >= 0.3 is 5.97 Å². The molecule has 4 N–H and O–H groups in total. The lowest BCUT2D eigenvalue weighted by Gasteiger charge is -2.16. The zero-order valence-electron chi connectivity index (χ0n) is 7.34. The van der Waals surface area contributed by atoms with Gasteiger partial charge in [0.1, 0.15) is 6.29 Å². The Morgan fingerprint density at radius 2 is 2.14 bits per heavy atom. The smallest absolute Gasteiger partial charge is 0.305 e. The second-order valence-electron chi connectivity index (χ2n) is 2.64. The summed E-state index contributed by atoms with van der Waals surface area (Å²) >= 11 is 3.83. The van der Waals surface area contributed by atoms with E-state index >= 15 is 0 Å². The quantitative estimate of drug-likeness (QED) is 0.305. The number of rotatable bonds is 7. The summed E-state index contributed by atoms with van der Waals surface area (Å²) in [5.74, 6) is -1.69. The number of nitrogens with two attached hydrogens (primary N) is 1. The topological polar surface area (TPSA) is 109 Å². The molecule has 0 heterocycles. The van der Waals surface area contributed by atoms with Gasteiger partial charge in [0.25, 0.3) is 0 Å². The van der Waals surface area contributed by atoms with E-state index in [1.54, 1.807) is 0 Å². The Hall–Kier alpha value is -1.08. The first-order chi connectivity index (χ1) is 6.51. The van der Waals surface area contributed by atoms with Crippen molar-refractivity contribution in [3.63, 3.8) is 0 Å². The molecule has 0 saturated heterocycles. The Balaban J connectivity index is 4.20. The van der Waals surface area contributed by atoms with Crippen LogP contribution in [-0.2, 0) is 14.4 Å². The molecule has 0 radical (unpaired) electrons. The fourth-order valence-electron chi connectivity index (χ4n) is 0.818. The van der Waals surface area contributed by atoms with Crippen LogP contribution in [0.5, 0.6) is 0 Å². The highest BCUT2D eigenvalue weighted by Crippen LogP contribution is 1.94. The minimum atomic E-state index is -1.13. The number of nitrogens with one attached hydrogen (secondary N) is 1. The first-order valence-electron chi connectivity index (χ1n) is 3.84. The zero-order chi connectivity index (χ0) is 11.1. The number of hydrogen-bond donors (Lipinski definition) is 4. The summed E-state index contributed by atoms with van der Waals surface area (Å²) in [7, 11) is 0. The third-order valence-electron chi connectivity index (χ3n) is 1.50. The number of hydrogen-bond acceptors (Lipinski definition) is 5. The molecule has 0 aliphatic heterocycles. The number of carboxylic acid groups (broad SMARTS) is 1. The number of carboxylic acids is 1. The average molecular weight is 220 g/mol. The predicted molar refractivity (Wildman–Crippen MR) is 52.1 cm³/mol. The van der Waals surface area contributed by atoms with Gasteiger partial charge in [0.15, 0.2) is 0 Å². The van der Waals surface area contributed by atoms with Crippen molar-refractivity contribution >= 4 is 30.8 Å². The van der Waals surface area contributed by atoms with Crippen LogP contribution in [0.4, 0.5) is 0 Å². The molecular formula is C7H12N2O4S. The van der Waals surface area contributed by atoms with E-state index in [0.29, 0.717) is 6.29 Å². The van der Waals surface area contributed by atoms with Crippen LogP contribution < -0.4 is 11.1 Å². The summed E-state index contributed by atoms with van der Waals surface area (Å²) in [6.07, 6.45) is 0.0363. The van der Waals surface area contributed by atoms with E-state index in [9.17, 15) is 14.4 Å². The number of aldehydes is 1. The second-order valence-corrected chi connectivity index (χ2v) is 3.01. The van der Waals surface area contributed by atoms with Gasteiger partial charge in [0.2, 0.25) is 5.91 Å². The van der Waals surface area contributed by atoms with Crippen LogP contribution in [0.15, 0.2) is 0 Å². The lowest BCUT2D eigenvalue weighted by atomic mass is 10.2. The SMILES string of the molecule is NC(=O)C(CS)NC(C=O)CC(=O)O. The third kappa shape index (κ3) is 4.83. The van der Waals surface area contributed by atoms with Gasteiger partial charge in [-0.3, -0.25) is 14.9 Å². The maximum absolute atomic E-state index is 10.7. The van der Waals surface area contributed by atoms with Crippen LogP contribution in [0, 0.1) is 0 Å². The van der Waals surface area contributed by atoms with E-state index in [2.05, 4.69) is 17.9 Å². The molecule has 2 unspecified atom stereocenters. The molecule has 0 aromatic heterocycles. The lowest BCUT2D eigenvalue weighted by Crippen LogP contribution is -2.48. The lowest BCUT2D eigenvalue weighted by molar-refractivity contribution is -0.138. The van der Waals surface area contributed by atoms with Gasteiger partial charge in [-0.05, 0) is 0 Å². The standard InChI is InChI=1S/C7H12N2O4S/c8-7(13)5(3-14)9-4(2-10)1-6(11)12/h2,4-5,9,14H,1,3H2,(H2,8,13)(H,11,12). The van der Waals surface area contributed by atoms with Crippen molar-refractivity contribution < 1.29 is 19.5 Å². The number of carbonyl (C=O) groups is 3. The fraction of sp³-hybridized carbons (Fsp3) is 0.571. The molecule has 0 aromatic rings. The Bertz CT molecular complexity index is 234. The van der Waals surface area contributed by atoms with Gasteiger partial charge in [-0.25, -0.2) is 0 Å². The van der Waals surface area contributed by atoms with Crippen LogP contribution >= 0.6 is 12.6 Å². The number of aliphatic carboxylic acids is 1. The van der Waals surface area contributed by atoms with Crippen molar-refractivity contribution in [2.24, 2.45) is 5.73 Å². The Morgan fingerprint density at radius 1 is 1.57 bits per heavy atom. The summed E-state index contributed by atoms with van der Waals surface area (Å²) in [6, 6.07) is -1.72. The first-order valence-corrected chi connectivity index (χ1v) is 4.47. The summed E-state index contributed by atoms with van der Waals surface area (Å²) in [6.45, 7) is 0. The molecule has 0 rings (SSSR count). The predicted octanol–water partition coefficient (Wildman–Crippen LogP) is -1.60. The minimum Gasteiger partial charge on any atom is -0.481 e. The fourth-order valence-corrected chi connectivity index (χ4v) is 1.10. The van der Waals surface area contributed by atoms with Crippen LogP contribution in [0.3, 0.4) is 0 Å². The molecule has 2 atom stereocenters. The average Bonchev–Trinajstić information content (AvgIpc) is 2.10. The van der Waals surface area contributed by atoms with E-state index in [1.165, 1.54) is 0 Å². The molecule has 0 saturated carbocycles. The summed E-state index contributed by atoms with van der Waals surface area (Å²) in [5, 5.41) is 10.9. The highest BCUT2D eigenvalue weighted by Gasteiger charge is 2.19. The summed E-state index contributed by atoms with van der Waals surface area (Å²) in [4.78, 5) is 31.4.